The van der Waals surface area contributed by atoms with Crippen LogP contribution >= 0.6 is 0 Å². The molecule has 1 rings (SSSR count). The van der Waals surface area contributed by atoms with Crippen LogP contribution in [-0.4, -0.2) is 11.1 Å². The smallest absolute Gasteiger partial charge is 0.310 e. The van der Waals surface area contributed by atoms with Crippen molar-refractivity contribution in [3.8, 4) is 0 Å². The Morgan fingerprint density at radius 2 is 1.81 bits per heavy atom. The lowest BCUT2D eigenvalue weighted by atomic mass is 9.88. The zero-order valence-electron chi connectivity index (χ0n) is 9.97. The highest BCUT2D eigenvalue weighted by Gasteiger charge is 2.22. The molecule has 1 aromatic carbocycles. The van der Waals surface area contributed by atoms with Crippen LogP contribution in [0.1, 0.15) is 26.3 Å². The van der Waals surface area contributed by atoms with E-state index in [1.165, 1.54) is 0 Å². The Hall–Kier alpha value is -1.57. The van der Waals surface area contributed by atoms with E-state index in [-0.39, 0.29) is 5.92 Å². The number of carbonyl (C=O) groups is 1. The van der Waals surface area contributed by atoms with Crippen molar-refractivity contribution < 1.29 is 9.90 Å². The van der Waals surface area contributed by atoms with E-state index in [4.69, 9.17) is 5.11 Å². The van der Waals surface area contributed by atoms with Crippen molar-refractivity contribution in [2.24, 2.45) is 11.8 Å². The van der Waals surface area contributed by atoms with Gasteiger partial charge in [0.15, 0.2) is 0 Å². The quantitative estimate of drug-likeness (QED) is 0.840. The number of rotatable bonds is 4. The Morgan fingerprint density at radius 1 is 1.25 bits per heavy atom. The molecule has 1 N–H and O–H groups in total. The normalized spacial score (nSPS) is 13.9. The van der Waals surface area contributed by atoms with E-state index in [1.54, 1.807) is 0 Å². The summed E-state index contributed by atoms with van der Waals surface area (Å²) in [6, 6.07) is 9.80. The van der Waals surface area contributed by atoms with Gasteiger partial charge in [0, 0.05) is 0 Å². The molecule has 1 unspecified atom stereocenters. The van der Waals surface area contributed by atoms with Gasteiger partial charge in [0.25, 0.3) is 0 Å². The number of carboxylic acid groups (broad SMARTS) is 1. The molecule has 0 radical (unpaired) electrons. The molecule has 0 amide bonds. The summed E-state index contributed by atoms with van der Waals surface area (Å²) in [6.07, 6.45) is 1.94. The van der Waals surface area contributed by atoms with Crippen LogP contribution in [-0.2, 0) is 4.79 Å². The van der Waals surface area contributed by atoms with Gasteiger partial charge in [-0.15, -0.1) is 0 Å². The molecular weight excluding hydrogens is 200 g/mol. The highest BCUT2D eigenvalue weighted by molar-refractivity contribution is 5.76. The zero-order valence-corrected chi connectivity index (χ0v) is 9.97. The molecule has 0 heterocycles. The fraction of sp³-hybridized carbons (Fsp3) is 0.357. The fourth-order valence-corrected chi connectivity index (χ4v) is 1.91. The van der Waals surface area contributed by atoms with Crippen molar-refractivity contribution in [2.45, 2.75) is 20.8 Å². The summed E-state index contributed by atoms with van der Waals surface area (Å²) >= 11 is 0. The molecule has 0 bridgehead atoms. The molecule has 86 valence electrons. The van der Waals surface area contributed by atoms with E-state index < -0.39 is 11.9 Å². The van der Waals surface area contributed by atoms with E-state index in [0.29, 0.717) is 0 Å². The van der Waals surface area contributed by atoms with Gasteiger partial charge in [0.1, 0.15) is 0 Å². The number of benzene rings is 1. The van der Waals surface area contributed by atoms with Crippen LogP contribution in [0.3, 0.4) is 0 Å². The van der Waals surface area contributed by atoms with Gasteiger partial charge < -0.3 is 5.11 Å². The van der Waals surface area contributed by atoms with E-state index >= 15 is 0 Å². The first-order valence-electron chi connectivity index (χ1n) is 5.48. The first kappa shape index (κ1) is 12.5. The number of hydrogen-bond donors (Lipinski definition) is 1. The van der Waals surface area contributed by atoms with Crippen LogP contribution in [0.25, 0.3) is 6.08 Å². The van der Waals surface area contributed by atoms with Gasteiger partial charge in [0.2, 0.25) is 0 Å². The Bertz CT molecular complexity index is 377. The monoisotopic (exact) mass is 218 g/mol. The minimum Gasteiger partial charge on any atom is -0.481 e. The molecule has 2 nitrogen and oxygen atoms in total. The number of aliphatic carboxylic acids is 1. The highest BCUT2D eigenvalue weighted by Crippen LogP contribution is 2.22. The average Bonchev–Trinajstić information content (AvgIpc) is 2.17. The van der Waals surface area contributed by atoms with Gasteiger partial charge in [0.05, 0.1) is 5.92 Å². The average molecular weight is 218 g/mol. The molecular formula is C14H18O2. The Balaban J connectivity index is 2.95. The van der Waals surface area contributed by atoms with Crippen LogP contribution in [0, 0.1) is 11.8 Å². The lowest BCUT2D eigenvalue weighted by molar-refractivity contribution is -0.141. The van der Waals surface area contributed by atoms with Crippen molar-refractivity contribution in [3.05, 3.63) is 41.5 Å². The molecule has 0 fully saturated rings. The Kier molecular flexibility index (Phi) is 4.29. The summed E-state index contributed by atoms with van der Waals surface area (Å²) in [7, 11) is 0. The second kappa shape index (κ2) is 5.50. The second-order valence-electron chi connectivity index (χ2n) is 4.36. The van der Waals surface area contributed by atoms with Gasteiger partial charge in [-0.1, -0.05) is 55.8 Å². The summed E-state index contributed by atoms with van der Waals surface area (Å²) in [4.78, 5) is 11.1. The molecule has 16 heavy (non-hydrogen) atoms. The van der Waals surface area contributed by atoms with E-state index in [1.807, 2.05) is 57.2 Å². The maximum atomic E-state index is 11.1. The zero-order chi connectivity index (χ0) is 12.1. The van der Waals surface area contributed by atoms with Gasteiger partial charge in [-0.3, -0.25) is 4.79 Å². The third-order valence-electron chi connectivity index (χ3n) is 2.62. The van der Waals surface area contributed by atoms with Gasteiger partial charge in [-0.2, -0.15) is 0 Å². The van der Waals surface area contributed by atoms with Gasteiger partial charge >= 0.3 is 5.97 Å². The maximum Gasteiger partial charge on any atom is 0.310 e. The second-order valence-corrected chi connectivity index (χ2v) is 4.36. The lowest BCUT2D eigenvalue weighted by Gasteiger charge is -2.17. The molecule has 0 aromatic heterocycles. The molecule has 2 heteroatoms. The summed E-state index contributed by atoms with van der Waals surface area (Å²) in [6.45, 7) is 5.74. The topological polar surface area (TPSA) is 37.3 Å². The SMILES string of the molecule is CC(=Cc1ccccc1)C(C(=O)O)C(C)C. The number of hydrogen-bond acceptors (Lipinski definition) is 1. The molecule has 0 aliphatic carbocycles. The number of carboxylic acids is 1. The first-order valence-corrected chi connectivity index (χ1v) is 5.48. The summed E-state index contributed by atoms with van der Waals surface area (Å²) < 4.78 is 0. The van der Waals surface area contributed by atoms with Crippen LogP contribution in [0.4, 0.5) is 0 Å². The molecule has 0 aliphatic rings. The summed E-state index contributed by atoms with van der Waals surface area (Å²) in [5, 5.41) is 9.15. The highest BCUT2D eigenvalue weighted by atomic mass is 16.4. The Morgan fingerprint density at radius 3 is 2.25 bits per heavy atom. The van der Waals surface area contributed by atoms with Crippen molar-refractivity contribution in [1.82, 2.24) is 0 Å². The minimum absolute atomic E-state index is 0.109. The maximum absolute atomic E-state index is 11.1. The van der Waals surface area contributed by atoms with E-state index in [2.05, 4.69) is 0 Å². The lowest BCUT2D eigenvalue weighted by Crippen LogP contribution is -2.20. The largest absolute Gasteiger partial charge is 0.481 e. The standard InChI is InChI=1S/C14H18O2/c1-10(2)13(14(15)16)11(3)9-12-7-5-4-6-8-12/h4-10,13H,1-3H3,(H,15,16). The molecule has 1 aromatic rings. The molecule has 0 spiro atoms. The molecule has 1 atom stereocenters. The fourth-order valence-electron chi connectivity index (χ4n) is 1.91. The van der Waals surface area contributed by atoms with Gasteiger partial charge in [-0.05, 0) is 18.4 Å². The first-order chi connectivity index (χ1) is 7.52. The van der Waals surface area contributed by atoms with Crippen molar-refractivity contribution in [2.75, 3.05) is 0 Å². The van der Waals surface area contributed by atoms with E-state index in [9.17, 15) is 4.79 Å². The van der Waals surface area contributed by atoms with Crippen molar-refractivity contribution >= 4 is 12.0 Å². The van der Waals surface area contributed by atoms with E-state index in [0.717, 1.165) is 11.1 Å². The predicted molar refractivity (Wildman–Crippen MR) is 66.1 cm³/mol. The molecule has 0 aliphatic heterocycles. The van der Waals surface area contributed by atoms with Gasteiger partial charge in [-0.25, -0.2) is 0 Å². The third kappa shape index (κ3) is 3.23. The summed E-state index contributed by atoms with van der Waals surface area (Å²) in [5.41, 5.74) is 1.95. The third-order valence-corrected chi connectivity index (χ3v) is 2.62. The van der Waals surface area contributed by atoms with Crippen LogP contribution in [0.5, 0.6) is 0 Å². The van der Waals surface area contributed by atoms with Crippen LogP contribution in [0.15, 0.2) is 35.9 Å². The molecule has 0 saturated heterocycles. The Labute approximate surface area is 96.6 Å². The summed E-state index contributed by atoms with van der Waals surface area (Å²) in [5.74, 6) is -1.04. The minimum atomic E-state index is -0.750. The van der Waals surface area contributed by atoms with Crippen molar-refractivity contribution in [1.29, 1.82) is 0 Å². The van der Waals surface area contributed by atoms with Crippen LogP contribution in [0.2, 0.25) is 0 Å². The predicted octanol–water partition coefficient (Wildman–Crippen LogP) is 3.45. The molecule has 0 saturated carbocycles. The van der Waals surface area contributed by atoms with Crippen LogP contribution < -0.4 is 0 Å². The van der Waals surface area contributed by atoms with Crippen molar-refractivity contribution in [3.63, 3.8) is 0 Å².